The fourth-order valence-electron chi connectivity index (χ4n) is 2.16. The van der Waals surface area contributed by atoms with Crippen molar-refractivity contribution in [3.05, 3.63) is 35.9 Å². The van der Waals surface area contributed by atoms with Crippen molar-refractivity contribution in [2.75, 3.05) is 24.6 Å². The maximum Gasteiger partial charge on any atom is 0.328 e. The van der Waals surface area contributed by atoms with E-state index < -0.39 is 5.97 Å². The van der Waals surface area contributed by atoms with Gasteiger partial charge in [-0.1, -0.05) is 19.1 Å². The van der Waals surface area contributed by atoms with E-state index in [0.717, 1.165) is 43.4 Å². The molecule has 102 valence electrons. The molecule has 0 aliphatic carbocycles. The number of hydrogen-bond acceptors (Lipinski definition) is 3. The van der Waals surface area contributed by atoms with Crippen LogP contribution in [0.5, 0.6) is 0 Å². The highest BCUT2D eigenvalue weighted by molar-refractivity contribution is 5.85. The highest BCUT2D eigenvalue weighted by atomic mass is 16.5. The third-order valence-electron chi connectivity index (χ3n) is 3.27. The van der Waals surface area contributed by atoms with Gasteiger partial charge in [-0.15, -0.1) is 0 Å². The van der Waals surface area contributed by atoms with E-state index in [2.05, 4.69) is 11.8 Å². The second-order valence-corrected chi connectivity index (χ2v) is 4.61. The van der Waals surface area contributed by atoms with Crippen molar-refractivity contribution in [3.63, 3.8) is 0 Å². The van der Waals surface area contributed by atoms with Gasteiger partial charge < -0.3 is 14.7 Å². The monoisotopic (exact) mass is 261 g/mol. The van der Waals surface area contributed by atoms with Gasteiger partial charge in [0.2, 0.25) is 0 Å². The van der Waals surface area contributed by atoms with Crippen LogP contribution in [0.15, 0.2) is 30.3 Å². The van der Waals surface area contributed by atoms with Gasteiger partial charge in [0.05, 0.1) is 12.7 Å². The molecule has 0 spiro atoms. The maximum absolute atomic E-state index is 10.4. The van der Waals surface area contributed by atoms with E-state index in [1.165, 1.54) is 0 Å². The van der Waals surface area contributed by atoms with Crippen molar-refractivity contribution < 1.29 is 14.6 Å². The molecule has 0 saturated carbocycles. The van der Waals surface area contributed by atoms with Gasteiger partial charge in [-0.3, -0.25) is 0 Å². The van der Waals surface area contributed by atoms with Crippen LogP contribution < -0.4 is 4.90 Å². The first-order valence-corrected chi connectivity index (χ1v) is 6.56. The van der Waals surface area contributed by atoms with E-state index in [9.17, 15) is 4.79 Å². The van der Waals surface area contributed by atoms with E-state index in [1.807, 2.05) is 24.3 Å². The van der Waals surface area contributed by atoms with Crippen LogP contribution in [0.4, 0.5) is 5.69 Å². The largest absolute Gasteiger partial charge is 0.478 e. The van der Waals surface area contributed by atoms with Gasteiger partial charge in [-0.2, -0.15) is 0 Å². The normalized spacial score (nSPS) is 19.8. The van der Waals surface area contributed by atoms with E-state index in [-0.39, 0.29) is 0 Å². The minimum absolute atomic E-state index is 0.306. The number of nitrogens with zero attached hydrogens (tertiary/aromatic N) is 1. The van der Waals surface area contributed by atoms with Crippen LogP contribution in [-0.4, -0.2) is 36.9 Å². The van der Waals surface area contributed by atoms with Gasteiger partial charge in [-0.05, 0) is 30.2 Å². The fourth-order valence-corrected chi connectivity index (χ4v) is 2.16. The molecule has 0 amide bonds. The average molecular weight is 261 g/mol. The topological polar surface area (TPSA) is 49.8 Å². The Bertz CT molecular complexity index is 453. The summed E-state index contributed by atoms with van der Waals surface area (Å²) >= 11 is 0. The number of hydrogen-bond donors (Lipinski definition) is 1. The fraction of sp³-hybridized carbons (Fsp3) is 0.400. The lowest BCUT2D eigenvalue weighted by Crippen LogP contribution is -2.42. The molecule has 0 aromatic heterocycles. The van der Waals surface area contributed by atoms with Crippen molar-refractivity contribution in [2.24, 2.45) is 0 Å². The number of benzene rings is 1. The lowest BCUT2D eigenvalue weighted by atomic mass is 10.1. The summed E-state index contributed by atoms with van der Waals surface area (Å²) in [5.74, 6) is -0.928. The Morgan fingerprint density at radius 2 is 2.21 bits per heavy atom. The van der Waals surface area contributed by atoms with Crippen molar-refractivity contribution in [2.45, 2.75) is 19.4 Å². The van der Waals surface area contributed by atoms with Crippen LogP contribution in [0.2, 0.25) is 0 Å². The molecule has 0 bridgehead atoms. The number of ether oxygens (including phenoxy) is 1. The Morgan fingerprint density at radius 1 is 1.47 bits per heavy atom. The first kappa shape index (κ1) is 13.6. The third-order valence-corrected chi connectivity index (χ3v) is 3.27. The lowest BCUT2D eigenvalue weighted by Gasteiger charge is -2.34. The van der Waals surface area contributed by atoms with Crippen molar-refractivity contribution in [1.29, 1.82) is 0 Å². The predicted molar refractivity (Wildman–Crippen MR) is 75.4 cm³/mol. The molecule has 1 unspecified atom stereocenters. The van der Waals surface area contributed by atoms with Crippen molar-refractivity contribution in [1.82, 2.24) is 0 Å². The van der Waals surface area contributed by atoms with E-state index in [0.29, 0.717) is 6.10 Å². The zero-order valence-electron chi connectivity index (χ0n) is 11.1. The van der Waals surface area contributed by atoms with Crippen LogP contribution in [-0.2, 0) is 9.53 Å². The summed E-state index contributed by atoms with van der Waals surface area (Å²) in [4.78, 5) is 12.8. The molecule has 1 atom stereocenters. The second-order valence-electron chi connectivity index (χ2n) is 4.61. The molecule has 1 N–H and O–H groups in total. The van der Waals surface area contributed by atoms with Crippen molar-refractivity contribution >= 4 is 17.7 Å². The van der Waals surface area contributed by atoms with Crippen LogP contribution in [0, 0.1) is 0 Å². The Hall–Kier alpha value is -1.81. The summed E-state index contributed by atoms with van der Waals surface area (Å²) < 4.78 is 5.65. The Morgan fingerprint density at radius 3 is 2.84 bits per heavy atom. The van der Waals surface area contributed by atoms with Crippen LogP contribution in [0.3, 0.4) is 0 Å². The molecular formula is C15H19NO3. The molecule has 1 heterocycles. The van der Waals surface area contributed by atoms with Gasteiger partial charge in [0.15, 0.2) is 0 Å². The summed E-state index contributed by atoms with van der Waals surface area (Å²) in [6, 6.07) is 7.93. The lowest BCUT2D eigenvalue weighted by molar-refractivity contribution is -0.131. The zero-order valence-corrected chi connectivity index (χ0v) is 11.1. The maximum atomic E-state index is 10.4. The number of aliphatic carboxylic acids is 1. The molecule has 1 saturated heterocycles. The van der Waals surface area contributed by atoms with Crippen LogP contribution in [0.25, 0.3) is 6.08 Å². The van der Waals surface area contributed by atoms with Crippen LogP contribution in [0.1, 0.15) is 18.9 Å². The number of anilines is 1. The van der Waals surface area contributed by atoms with Gasteiger partial charge in [0, 0.05) is 24.9 Å². The minimum Gasteiger partial charge on any atom is -0.478 e. The minimum atomic E-state index is -0.928. The molecule has 1 aliphatic rings. The first-order chi connectivity index (χ1) is 9.19. The third kappa shape index (κ3) is 3.83. The molecule has 1 aliphatic heterocycles. The van der Waals surface area contributed by atoms with Gasteiger partial charge in [-0.25, -0.2) is 4.79 Å². The summed E-state index contributed by atoms with van der Waals surface area (Å²) in [5.41, 5.74) is 2.06. The SMILES string of the molecule is CCC1CN(c2ccc(/C=C/C(=O)O)cc2)CCO1. The van der Waals surface area contributed by atoms with E-state index >= 15 is 0 Å². The summed E-state index contributed by atoms with van der Waals surface area (Å²) in [7, 11) is 0. The smallest absolute Gasteiger partial charge is 0.328 e. The summed E-state index contributed by atoms with van der Waals surface area (Å²) in [6.45, 7) is 4.72. The highest BCUT2D eigenvalue weighted by Gasteiger charge is 2.18. The highest BCUT2D eigenvalue weighted by Crippen LogP contribution is 2.19. The van der Waals surface area contributed by atoms with Gasteiger partial charge >= 0.3 is 5.97 Å². The molecule has 1 aromatic rings. The number of carboxylic acids is 1. The molecule has 4 heteroatoms. The standard InChI is InChI=1S/C15H19NO3/c1-2-14-11-16(9-10-19-14)13-6-3-12(4-7-13)5-8-15(17)18/h3-8,14H,2,9-11H2,1H3,(H,17,18)/b8-5+. The zero-order chi connectivity index (χ0) is 13.7. The Labute approximate surface area is 113 Å². The molecule has 1 aromatic carbocycles. The van der Waals surface area contributed by atoms with Crippen LogP contribution >= 0.6 is 0 Å². The Balaban J connectivity index is 2.03. The van der Waals surface area contributed by atoms with E-state index in [1.54, 1.807) is 6.08 Å². The van der Waals surface area contributed by atoms with E-state index in [4.69, 9.17) is 9.84 Å². The molecular weight excluding hydrogens is 242 g/mol. The first-order valence-electron chi connectivity index (χ1n) is 6.56. The molecule has 1 fully saturated rings. The van der Waals surface area contributed by atoms with Crippen molar-refractivity contribution in [3.8, 4) is 0 Å². The molecule has 0 radical (unpaired) electrons. The van der Waals surface area contributed by atoms with Gasteiger partial charge in [0.25, 0.3) is 0 Å². The Kier molecular flexibility index (Phi) is 4.58. The number of rotatable bonds is 4. The summed E-state index contributed by atoms with van der Waals surface area (Å²) in [6.07, 6.45) is 4.08. The quantitative estimate of drug-likeness (QED) is 0.846. The number of carbonyl (C=O) groups is 1. The number of carboxylic acid groups (broad SMARTS) is 1. The number of morpholine rings is 1. The average Bonchev–Trinajstić information content (AvgIpc) is 2.45. The molecule has 2 rings (SSSR count). The molecule has 4 nitrogen and oxygen atoms in total. The molecule has 19 heavy (non-hydrogen) atoms. The summed E-state index contributed by atoms with van der Waals surface area (Å²) in [5, 5.41) is 8.58. The second kappa shape index (κ2) is 6.38. The van der Waals surface area contributed by atoms with Gasteiger partial charge in [0.1, 0.15) is 0 Å². The predicted octanol–water partition coefficient (Wildman–Crippen LogP) is 2.40.